The van der Waals surface area contributed by atoms with Crippen molar-refractivity contribution < 1.29 is 9.84 Å². The van der Waals surface area contributed by atoms with Crippen LogP contribution >= 0.6 is 11.6 Å². The van der Waals surface area contributed by atoms with E-state index in [1.807, 2.05) is 78.9 Å². The SMILES string of the molecule is Oc1cccc2ccc(C=Cc3ccccc3OCc3ccccc3Cl)nc12. The zero-order valence-electron chi connectivity index (χ0n) is 15.0. The Labute approximate surface area is 168 Å². The van der Waals surface area contributed by atoms with E-state index in [0.29, 0.717) is 17.1 Å². The molecule has 1 N–H and O–H groups in total. The van der Waals surface area contributed by atoms with Gasteiger partial charge in [-0.25, -0.2) is 4.98 Å². The summed E-state index contributed by atoms with van der Waals surface area (Å²) in [5.41, 5.74) is 3.23. The van der Waals surface area contributed by atoms with Crippen LogP contribution in [0.15, 0.2) is 78.9 Å². The molecule has 0 saturated heterocycles. The van der Waals surface area contributed by atoms with Gasteiger partial charge in [0, 0.05) is 21.5 Å². The summed E-state index contributed by atoms with van der Waals surface area (Å²) in [4.78, 5) is 4.53. The number of aromatic hydroxyl groups is 1. The Morgan fingerprint density at radius 3 is 2.57 bits per heavy atom. The fraction of sp³-hybridized carbons (Fsp3) is 0.0417. The number of pyridine rings is 1. The number of aromatic nitrogens is 1. The van der Waals surface area contributed by atoms with E-state index in [4.69, 9.17) is 16.3 Å². The lowest BCUT2D eigenvalue weighted by molar-refractivity contribution is 0.305. The number of rotatable bonds is 5. The molecule has 138 valence electrons. The van der Waals surface area contributed by atoms with Crippen molar-refractivity contribution in [3.63, 3.8) is 0 Å². The highest BCUT2D eigenvalue weighted by Gasteiger charge is 2.04. The molecule has 4 aromatic rings. The summed E-state index contributed by atoms with van der Waals surface area (Å²) in [6.45, 7) is 0.395. The normalized spacial score (nSPS) is 11.2. The average Bonchev–Trinajstić information content (AvgIpc) is 2.73. The van der Waals surface area contributed by atoms with Crippen molar-refractivity contribution in [2.75, 3.05) is 0 Å². The molecule has 0 amide bonds. The second kappa shape index (κ2) is 8.15. The first kappa shape index (κ1) is 18.1. The fourth-order valence-corrected chi connectivity index (χ4v) is 3.13. The molecule has 3 nitrogen and oxygen atoms in total. The standard InChI is InChI=1S/C24H18ClNO2/c25-21-9-3-1-7-19(21)16-28-23-11-4-2-6-17(23)12-14-20-15-13-18-8-5-10-22(27)24(18)26-20/h1-15,27H,16H2. The van der Waals surface area contributed by atoms with Crippen molar-refractivity contribution in [1.82, 2.24) is 4.98 Å². The summed E-state index contributed by atoms with van der Waals surface area (Å²) in [7, 11) is 0. The maximum absolute atomic E-state index is 10.0. The van der Waals surface area contributed by atoms with E-state index in [1.54, 1.807) is 12.1 Å². The predicted octanol–water partition coefficient (Wildman–Crippen LogP) is 6.34. The highest BCUT2D eigenvalue weighted by atomic mass is 35.5. The molecule has 1 aromatic heterocycles. The number of halogens is 1. The third kappa shape index (κ3) is 4.00. The van der Waals surface area contributed by atoms with Gasteiger partial charge in [0.2, 0.25) is 0 Å². The fourth-order valence-electron chi connectivity index (χ4n) is 2.94. The van der Waals surface area contributed by atoms with Crippen LogP contribution in [-0.4, -0.2) is 10.1 Å². The molecule has 0 saturated carbocycles. The first-order valence-corrected chi connectivity index (χ1v) is 9.30. The minimum absolute atomic E-state index is 0.177. The van der Waals surface area contributed by atoms with Gasteiger partial charge in [-0.2, -0.15) is 0 Å². The zero-order valence-corrected chi connectivity index (χ0v) is 15.8. The highest BCUT2D eigenvalue weighted by Crippen LogP contribution is 2.25. The number of phenolic OH excluding ortho intramolecular Hbond substituents is 1. The van der Waals surface area contributed by atoms with Gasteiger partial charge < -0.3 is 9.84 Å². The number of hydrogen-bond donors (Lipinski definition) is 1. The molecular formula is C24H18ClNO2. The Kier molecular flexibility index (Phi) is 5.27. The van der Waals surface area contributed by atoms with Gasteiger partial charge in [0.1, 0.15) is 23.6 Å². The molecule has 3 aromatic carbocycles. The van der Waals surface area contributed by atoms with Gasteiger partial charge in [-0.3, -0.25) is 0 Å². The van der Waals surface area contributed by atoms with Gasteiger partial charge in [0.05, 0.1) is 5.69 Å². The minimum atomic E-state index is 0.177. The highest BCUT2D eigenvalue weighted by molar-refractivity contribution is 6.31. The summed E-state index contributed by atoms with van der Waals surface area (Å²) in [6, 6.07) is 24.7. The van der Waals surface area contributed by atoms with Gasteiger partial charge in [-0.05, 0) is 36.4 Å². The Bertz CT molecular complexity index is 1150. The average molecular weight is 388 g/mol. The topological polar surface area (TPSA) is 42.4 Å². The molecule has 0 bridgehead atoms. The van der Waals surface area contributed by atoms with Crippen LogP contribution in [0.4, 0.5) is 0 Å². The third-order valence-electron chi connectivity index (χ3n) is 4.41. The zero-order chi connectivity index (χ0) is 19.3. The number of para-hydroxylation sites is 2. The quantitative estimate of drug-likeness (QED) is 0.434. The molecule has 0 aliphatic rings. The van der Waals surface area contributed by atoms with E-state index in [0.717, 1.165) is 28.0 Å². The molecule has 0 fully saturated rings. The van der Waals surface area contributed by atoms with Gasteiger partial charge in [0.15, 0.2) is 0 Å². The van der Waals surface area contributed by atoms with E-state index in [1.165, 1.54) is 0 Å². The molecule has 0 spiro atoms. The molecule has 0 aliphatic heterocycles. The van der Waals surface area contributed by atoms with Crippen molar-refractivity contribution in [2.45, 2.75) is 6.61 Å². The van der Waals surface area contributed by atoms with E-state index in [2.05, 4.69) is 4.98 Å². The largest absolute Gasteiger partial charge is 0.506 e. The van der Waals surface area contributed by atoms with Crippen LogP contribution in [0.1, 0.15) is 16.8 Å². The van der Waals surface area contributed by atoms with E-state index in [-0.39, 0.29) is 5.75 Å². The van der Waals surface area contributed by atoms with Crippen LogP contribution in [-0.2, 0) is 6.61 Å². The first-order chi connectivity index (χ1) is 13.7. The van der Waals surface area contributed by atoms with Crippen LogP contribution in [0, 0.1) is 0 Å². The first-order valence-electron chi connectivity index (χ1n) is 8.93. The lowest BCUT2D eigenvalue weighted by atomic mass is 10.1. The van der Waals surface area contributed by atoms with Crippen molar-refractivity contribution >= 4 is 34.7 Å². The predicted molar refractivity (Wildman–Crippen MR) is 115 cm³/mol. The number of nitrogens with zero attached hydrogens (tertiary/aromatic N) is 1. The van der Waals surface area contributed by atoms with E-state index >= 15 is 0 Å². The van der Waals surface area contributed by atoms with Crippen molar-refractivity contribution in [2.24, 2.45) is 0 Å². The van der Waals surface area contributed by atoms with Crippen molar-refractivity contribution in [3.05, 3.63) is 101 Å². The number of ether oxygens (including phenoxy) is 1. The maximum atomic E-state index is 10.0. The summed E-state index contributed by atoms with van der Waals surface area (Å²) in [6.07, 6.45) is 3.86. The number of hydrogen-bond acceptors (Lipinski definition) is 3. The molecular weight excluding hydrogens is 370 g/mol. The van der Waals surface area contributed by atoms with Gasteiger partial charge >= 0.3 is 0 Å². The Morgan fingerprint density at radius 1 is 0.857 bits per heavy atom. The molecule has 4 heteroatoms. The van der Waals surface area contributed by atoms with E-state index in [9.17, 15) is 5.11 Å². The second-order valence-corrected chi connectivity index (χ2v) is 6.74. The van der Waals surface area contributed by atoms with Gasteiger partial charge in [-0.15, -0.1) is 0 Å². The van der Waals surface area contributed by atoms with Crippen LogP contribution in [0.3, 0.4) is 0 Å². The van der Waals surface area contributed by atoms with E-state index < -0.39 is 0 Å². The monoisotopic (exact) mass is 387 g/mol. The molecule has 4 rings (SSSR count). The van der Waals surface area contributed by atoms with Crippen LogP contribution in [0.25, 0.3) is 23.1 Å². The van der Waals surface area contributed by atoms with Crippen LogP contribution in [0.2, 0.25) is 5.02 Å². The van der Waals surface area contributed by atoms with Crippen molar-refractivity contribution in [3.8, 4) is 11.5 Å². The smallest absolute Gasteiger partial charge is 0.141 e. The molecule has 0 atom stereocenters. The van der Waals surface area contributed by atoms with Crippen LogP contribution in [0.5, 0.6) is 11.5 Å². The molecule has 28 heavy (non-hydrogen) atoms. The third-order valence-corrected chi connectivity index (χ3v) is 4.78. The van der Waals surface area contributed by atoms with Crippen molar-refractivity contribution in [1.29, 1.82) is 0 Å². The number of phenols is 1. The maximum Gasteiger partial charge on any atom is 0.141 e. The van der Waals surface area contributed by atoms with Gasteiger partial charge in [0.25, 0.3) is 0 Å². The number of fused-ring (bicyclic) bond motifs is 1. The number of benzene rings is 3. The summed E-state index contributed by atoms with van der Waals surface area (Å²) in [5, 5.41) is 11.6. The second-order valence-electron chi connectivity index (χ2n) is 6.34. The molecule has 0 aliphatic carbocycles. The lowest BCUT2D eigenvalue weighted by Crippen LogP contribution is -1.97. The Morgan fingerprint density at radius 2 is 1.68 bits per heavy atom. The van der Waals surface area contributed by atoms with Gasteiger partial charge in [-0.1, -0.05) is 66.2 Å². The minimum Gasteiger partial charge on any atom is -0.506 e. The lowest BCUT2D eigenvalue weighted by Gasteiger charge is -2.10. The summed E-state index contributed by atoms with van der Waals surface area (Å²) >= 11 is 6.21. The Balaban J connectivity index is 1.57. The summed E-state index contributed by atoms with van der Waals surface area (Å²) in [5.74, 6) is 0.943. The van der Waals surface area contributed by atoms with Crippen LogP contribution < -0.4 is 4.74 Å². The molecule has 1 heterocycles. The summed E-state index contributed by atoms with van der Waals surface area (Å²) < 4.78 is 5.99. The molecule has 0 unspecified atom stereocenters. The Hall–Kier alpha value is -3.30. The molecule has 0 radical (unpaired) electrons.